The summed E-state index contributed by atoms with van der Waals surface area (Å²) in [5.41, 5.74) is -3.28. The number of hydrogen-bond donors (Lipinski definition) is 1. The molecule has 1 aromatic carbocycles. The molecule has 0 radical (unpaired) electrons. The topological polar surface area (TPSA) is 103 Å². The SMILES string of the molecule is CCS(=O)(=O)c1cccc(O)c1-c1nc2cc(C(F)(F)F)n(OC)c(=O)c2n1C. The average Bonchev–Trinajstić information content (AvgIpc) is 2.97. The van der Waals surface area contributed by atoms with E-state index in [-0.39, 0.29) is 37.8 Å². The average molecular weight is 431 g/mol. The number of nitrogens with zero attached hydrogens (tertiary/aromatic N) is 3. The molecule has 8 nitrogen and oxygen atoms in total. The number of benzene rings is 1. The predicted molar refractivity (Wildman–Crippen MR) is 97.3 cm³/mol. The van der Waals surface area contributed by atoms with Gasteiger partial charge in [-0.1, -0.05) is 13.0 Å². The fourth-order valence-corrected chi connectivity index (χ4v) is 4.13. The lowest BCUT2D eigenvalue weighted by Crippen LogP contribution is -2.32. The standard InChI is InChI=1S/C17H16F3N3O5S/c1-4-29(26,27)11-7-5-6-10(24)13(11)15-21-9-8-12(17(18,19)20)23(28-3)16(25)14(9)22(15)2/h5-8,24H,4H2,1-3H3. The molecule has 0 unspecified atom stereocenters. The van der Waals surface area contributed by atoms with Crippen LogP contribution >= 0.6 is 0 Å². The summed E-state index contributed by atoms with van der Waals surface area (Å²) in [7, 11) is -1.57. The minimum absolute atomic E-state index is 0.0857. The number of alkyl halides is 3. The number of aromatic hydroxyl groups is 1. The van der Waals surface area contributed by atoms with E-state index in [2.05, 4.69) is 9.82 Å². The molecule has 12 heteroatoms. The Morgan fingerprint density at radius 3 is 2.48 bits per heavy atom. The second kappa shape index (κ2) is 6.79. The quantitative estimate of drug-likeness (QED) is 0.678. The van der Waals surface area contributed by atoms with Crippen molar-refractivity contribution in [2.24, 2.45) is 7.05 Å². The van der Waals surface area contributed by atoms with E-state index in [9.17, 15) is 31.5 Å². The van der Waals surface area contributed by atoms with Crippen molar-refractivity contribution in [2.45, 2.75) is 18.0 Å². The predicted octanol–water partition coefficient (Wildman–Crippen LogP) is 1.98. The second-order valence-corrected chi connectivity index (χ2v) is 8.34. The van der Waals surface area contributed by atoms with Gasteiger partial charge in [-0.2, -0.15) is 13.2 Å². The van der Waals surface area contributed by atoms with Crippen molar-refractivity contribution >= 4 is 20.9 Å². The summed E-state index contributed by atoms with van der Waals surface area (Å²) in [6.45, 7) is 1.41. The van der Waals surface area contributed by atoms with Gasteiger partial charge in [0.05, 0.1) is 21.7 Å². The fraction of sp³-hybridized carbons (Fsp3) is 0.294. The molecule has 0 saturated heterocycles. The first kappa shape index (κ1) is 20.7. The first-order valence-electron chi connectivity index (χ1n) is 8.23. The number of phenolic OH excluding ortho intramolecular Hbond substituents is 1. The molecule has 2 aromatic heterocycles. The summed E-state index contributed by atoms with van der Waals surface area (Å²) < 4.78 is 66.0. The van der Waals surface area contributed by atoms with Gasteiger partial charge >= 0.3 is 11.7 Å². The maximum atomic E-state index is 13.3. The minimum atomic E-state index is -4.90. The number of rotatable bonds is 4. The van der Waals surface area contributed by atoms with E-state index >= 15 is 0 Å². The Kier molecular flexibility index (Phi) is 4.85. The van der Waals surface area contributed by atoms with E-state index in [0.717, 1.165) is 11.7 Å². The largest absolute Gasteiger partial charge is 0.507 e. The van der Waals surface area contributed by atoms with Crippen LogP contribution in [0.1, 0.15) is 12.6 Å². The van der Waals surface area contributed by atoms with Crippen LogP contribution in [0, 0.1) is 0 Å². The number of halogens is 3. The molecule has 29 heavy (non-hydrogen) atoms. The van der Waals surface area contributed by atoms with Crippen molar-refractivity contribution in [2.75, 3.05) is 12.9 Å². The Balaban J connectivity index is 2.46. The van der Waals surface area contributed by atoms with Crippen molar-refractivity contribution in [3.05, 3.63) is 40.3 Å². The highest BCUT2D eigenvalue weighted by atomic mass is 32.2. The van der Waals surface area contributed by atoms with Crippen LogP contribution in [0.4, 0.5) is 13.2 Å². The van der Waals surface area contributed by atoms with Gasteiger partial charge in [-0.25, -0.2) is 13.4 Å². The lowest BCUT2D eigenvalue weighted by atomic mass is 10.2. The van der Waals surface area contributed by atoms with Gasteiger partial charge in [-0.15, -0.1) is 4.73 Å². The van der Waals surface area contributed by atoms with Crippen LogP contribution in [0.5, 0.6) is 5.75 Å². The summed E-state index contributed by atoms with van der Waals surface area (Å²) >= 11 is 0. The second-order valence-electron chi connectivity index (χ2n) is 6.09. The van der Waals surface area contributed by atoms with Crippen molar-refractivity contribution in [1.82, 2.24) is 14.3 Å². The van der Waals surface area contributed by atoms with Gasteiger partial charge in [0.25, 0.3) is 0 Å². The fourth-order valence-electron chi connectivity index (χ4n) is 3.03. The van der Waals surface area contributed by atoms with Gasteiger partial charge in [0.1, 0.15) is 24.2 Å². The molecule has 156 valence electrons. The van der Waals surface area contributed by atoms with Crippen LogP contribution in [0.3, 0.4) is 0 Å². The Morgan fingerprint density at radius 2 is 1.93 bits per heavy atom. The number of hydrogen-bond acceptors (Lipinski definition) is 6. The first-order valence-corrected chi connectivity index (χ1v) is 9.88. The van der Waals surface area contributed by atoms with Gasteiger partial charge in [-0.3, -0.25) is 4.79 Å². The first-order chi connectivity index (χ1) is 13.4. The van der Waals surface area contributed by atoms with E-state index in [1.807, 2.05) is 0 Å². The number of aryl methyl sites for hydroxylation is 1. The summed E-state index contributed by atoms with van der Waals surface area (Å²) in [5, 5.41) is 10.3. The molecule has 0 fully saturated rings. The van der Waals surface area contributed by atoms with Crippen LogP contribution in [-0.2, 0) is 23.1 Å². The molecule has 0 aliphatic heterocycles. The number of phenols is 1. The third-order valence-corrected chi connectivity index (χ3v) is 6.19. The monoisotopic (exact) mass is 431 g/mol. The normalized spacial score (nSPS) is 12.5. The van der Waals surface area contributed by atoms with Gasteiger partial charge < -0.3 is 14.5 Å². The highest BCUT2D eigenvalue weighted by Gasteiger charge is 2.37. The van der Waals surface area contributed by atoms with Gasteiger partial charge in [-0.05, 0) is 18.2 Å². The molecule has 3 aromatic rings. The Labute approximate surface area is 162 Å². The third-order valence-electron chi connectivity index (χ3n) is 4.42. The number of fused-ring (bicyclic) bond motifs is 1. The third kappa shape index (κ3) is 3.22. The zero-order chi connectivity index (χ0) is 21.7. The van der Waals surface area contributed by atoms with Gasteiger partial charge in [0.15, 0.2) is 15.5 Å². The summed E-state index contributed by atoms with van der Waals surface area (Å²) in [4.78, 5) is 21.0. The lowest BCUT2D eigenvalue weighted by Gasteiger charge is -2.13. The molecular weight excluding hydrogens is 415 g/mol. The van der Waals surface area contributed by atoms with Crippen LogP contribution in [0.2, 0.25) is 0 Å². The molecule has 1 N–H and O–H groups in total. The van der Waals surface area contributed by atoms with Gasteiger partial charge in [0.2, 0.25) is 0 Å². The smallest absolute Gasteiger partial charge is 0.435 e. The van der Waals surface area contributed by atoms with Crippen molar-refractivity contribution in [3.63, 3.8) is 0 Å². The maximum absolute atomic E-state index is 13.3. The van der Waals surface area contributed by atoms with Crippen LogP contribution in [0.25, 0.3) is 22.4 Å². The Morgan fingerprint density at radius 1 is 1.28 bits per heavy atom. The van der Waals surface area contributed by atoms with E-state index in [1.165, 1.54) is 32.2 Å². The van der Waals surface area contributed by atoms with Gasteiger partial charge in [0, 0.05) is 7.05 Å². The summed E-state index contributed by atoms with van der Waals surface area (Å²) in [5.74, 6) is -0.896. The molecule has 0 spiro atoms. The molecule has 0 amide bonds. The molecule has 0 atom stereocenters. The summed E-state index contributed by atoms with van der Waals surface area (Å²) in [6.07, 6.45) is -4.90. The van der Waals surface area contributed by atoms with Crippen LogP contribution < -0.4 is 10.4 Å². The van der Waals surface area contributed by atoms with E-state index in [4.69, 9.17) is 0 Å². The highest BCUT2D eigenvalue weighted by Crippen LogP contribution is 2.37. The van der Waals surface area contributed by atoms with E-state index in [0.29, 0.717) is 6.07 Å². The molecule has 0 aliphatic carbocycles. The Hall–Kier alpha value is -3.02. The van der Waals surface area contributed by atoms with E-state index < -0.39 is 33.0 Å². The van der Waals surface area contributed by atoms with Crippen LogP contribution in [-0.4, -0.2) is 40.7 Å². The molecule has 0 aliphatic rings. The summed E-state index contributed by atoms with van der Waals surface area (Å²) in [6, 6.07) is 4.42. The number of pyridine rings is 1. The molecule has 0 bridgehead atoms. The van der Waals surface area contributed by atoms with E-state index in [1.54, 1.807) is 0 Å². The maximum Gasteiger partial charge on any atom is 0.435 e. The number of aromatic nitrogens is 3. The molecule has 3 rings (SSSR count). The lowest BCUT2D eigenvalue weighted by molar-refractivity contribution is -0.151. The highest BCUT2D eigenvalue weighted by molar-refractivity contribution is 7.91. The molecule has 0 saturated carbocycles. The number of sulfone groups is 1. The zero-order valence-electron chi connectivity index (χ0n) is 15.5. The zero-order valence-corrected chi connectivity index (χ0v) is 16.3. The van der Waals surface area contributed by atoms with Crippen molar-refractivity contribution in [1.29, 1.82) is 0 Å². The molecule has 2 heterocycles. The molecular formula is C17H16F3N3O5S. The van der Waals surface area contributed by atoms with Crippen molar-refractivity contribution < 1.29 is 31.5 Å². The van der Waals surface area contributed by atoms with Crippen LogP contribution in [0.15, 0.2) is 34.0 Å². The number of imidazole rings is 1. The van der Waals surface area contributed by atoms with Crippen molar-refractivity contribution in [3.8, 4) is 17.1 Å². The minimum Gasteiger partial charge on any atom is -0.507 e. The Bertz CT molecular complexity index is 1280.